The second-order valence-electron chi connectivity index (χ2n) is 5.29. The zero-order valence-electron chi connectivity index (χ0n) is 12.1. The summed E-state index contributed by atoms with van der Waals surface area (Å²) in [5.74, 6) is 0.327. The van der Waals surface area contributed by atoms with Crippen LogP contribution >= 0.6 is 0 Å². The van der Waals surface area contributed by atoms with E-state index in [9.17, 15) is 16.8 Å². The average Bonchev–Trinajstić information content (AvgIpc) is 2.39. The second kappa shape index (κ2) is 5.94. The first-order valence-corrected chi connectivity index (χ1v) is 10.1. The number of benzene rings is 1. The minimum atomic E-state index is -3.52. The van der Waals surface area contributed by atoms with Gasteiger partial charge in [0.2, 0.25) is 10.0 Å². The van der Waals surface area contributed by atoms with Gasteiger partial charge in [-0.1, -0.05) is 6.07 Å². The van der Waals surface area contributed by atoms with Crippen LogP contribution in [0.15, 0.2) is 23.1 Å². The normalized spacial score (nSPS) is 21.9. The van der Waals surface area contributed by atoms with Gasteiger partial charge >= 0.3 is 0 Å². The molecule has 0 bridgehead atoms. The van der Waals surface area contributed by atoms with Crippen LogP contribution in [0.3, 0.4) is 0 Å². The zero-order valence-corrected chi connectivity index (χ0v) is 13.7. The first kappa shape index (κ1) is 16.3. The van der Waals surface area contributed by atoms with Crippen molar-refractivity contribution in [3.05, 3.63) is 23.8 Å². The van der Waals surface area contributed by atoms with Gasteiger partial charge in [0.1, 0.15) is 0 Å². The monoisotopic (exact) mass is 332 g/mol. The van der Waals surface area contributed by atoms with E-state index in [4.69, 9.17) is 0 Å². The number of nitrogens with one attached hydrogen (secondary N) is 2. The first-order valence-electron chi connectivity index (χ1n) is 6.75. The minimum absolute atomic E-state index is 0.0922. The zero-order chi connectivity index (χ0) is 15.7. The van der Waals surface area contributed by atoms with Crippen molar-refractivity contribution in [3.63, 3.8) is 0 Å². The van der Waals surface area contributed by atoms with Crippen LogP contribution < -0.4 is 10.0 Å². The van der Waals surface area contributed by atoms with E-state index in [1.807, 2.05) is 0 Å². The molecule has 0 aromatic heterocycles. The maximum atomic E-state index is 11.9. The van der Waals surface area contributed by atoms with E-state index in [0.29, 0.717) is 17.7 Å². The number of anilines is 1. The van der Waals surface area contributed by atoms with Crippen molar-refractivity contribution < 1.29 is 16.8 Å². The predicted octanol–water partition coefficient (Wildman–Crippen LogP) is 0.892. The second-order valence-corrected chi connectivity index (χ2v) is 9.37. The molecule has 6 nitrogen and oxygen atoms in total. The first-order chi connectivity index (χ1) is 9.73. The topological polar surface area (TPSA) is 92.3 Å². The lowest BCUT2D eigenvalue weighted by molar-refractivity contribution is 0.561. The maximum absolute atomic E-state index is 11.9. The van der Waals surface area contributed by atoms with E-state index >= 15 is 0 Å². The van der Waals surface area contributed by atoms with Crippen LogP contribution in [-0.4, -0.2) is 41.4 Å². The van der Waals surface area contributed by atoms with Gasteiger partial charge in [-0.2, -0.15) is 0 Å². The summed E-state index contributed by atoms with van der Waals surface area (Å²) < 4.78 is 49.4. The van der Waals surface area contributed by atoms with E-state index in [-0.39, 0.29) is 22.4 Å². The Hall–Kier alpha value is -1.12. The highest BCUT2D eigenvalue weighted by Crippen LogP contribution is 2.22. The Bertz CT molecular complexity index is 727. The van der Waals surface area contributed by atoms with Crippen LogP contribution in [0, 0.1) is 6.92 Å². The smallest absolute Gasteiger partial charge is 0.240 e. The summed E-state index contributed by atoms with van der Waals surface area (Å²) in [6.45, 7) is 1.72. The Morgan fingerprint density at radius 1 is 1.29 bits per heavy atom. The SMILES string of the molecule is CNS(=O)(=O)c1cc(NC2CCCS(=O)(=O)C2)ccc1C. The Labute approximate surface area is 125 Å². The van der Waals surface area contributed by atoms with Gasteiger partial charge in [0, 0.05) is 11.7 Å². The fraction of sp³-hybridized carbons (Fsp3) is 0.538. The molecule has 1 fully saturated rings. The molecule has 1 heterocycles. The summed E-state index contributed by atoms with van der Waals surface area (Å²) in [4.78, 5) is 0.202. The van der Waals surface area contributed by atoms with Crippen LogP contribution in [-0.2, 0) is 19.9 Å². The van der Waals surface area contributed by atoms with Crippen LogP contribution in [0.25, 0.3) is 0 Å². The fourth-order valence-corrected chi connectivity index (χ4v) is 5.09. The van der Waals surface area contributed by atoms with Crippen molar-refractivity contribution in [2.45, 2.75) is 30.7 Å². The van der Waals surface area contributed by atoms with Gasteiger partial charge in [-0.25, -0.2) is 21.6 Å². The highest BCUT2D eigenvalue weighted by molar-refractivity contribution is 7.91. The van der Waals surface area contributed by atoms with Gasteiger partial charge in [-0.3, -0.25) is 0 Å². The van der Waals surface area contributed by atoms with Gasteiger partial charge in [-0.05, 0) is 44.5 Å². The molecule has 1 aromatic rings. The van der Waals surface area contributed by atoms with Crippen LogP contribution in [0.4, 0.5) is 5.69 Å². The van der Waals surface area contributed by atoms with Gasteiger partial charge in [-0.15, -0.1) is 0 Å². The molecule has 1 saturated heterocycles. The third kappa shape index (κ3) is 3.96. The van der Waals surface area contributed by atoms with E-state index in [1.165, 1.54) is 7.05 Å². The number of hydrogen-bond donors (Lipinski definition) is 2. The van der Waals surface area contributed by atoms with Crippen molar-refractivity contribution in [2.75, 3.05) is 23.9 Å². The number of sulfone groups is 1. The van der Waals surface area contributed by atoms with E-state index < -0.39 is 19.9 Å². The minimum Gasteiger partial charge on any atom is -0.381 e. The predicted molar refractivity (Wildman–Crippen MR) is 82.7 cm³/mol. The maximum Gasteiger partial charge on any atom is 0.240 e. The lowest BCUT2D eigenvalue weighted by Gasteiger charge is -2.24. The Morgan fingerprint density at radius 3 is 2.62 bits per heavy atom. The van der Waals surface area contributed by atoms with E-state index in [2.05, 4.69) is 10.0 Å². The molecule has 0 aliphatic carbocycles. The molecule has 1 atom stereocenters. The summed E-state index contributed by atoms with van der Waals surface area (Å²) in [6, 6.07) is 4.86. The molecule has 1 aliphatic heterocycles. The molecule has 118 valence electrons. The van der Waals surface area contributed by atoms with E-state index in [1.54, 1.807) is 25.1 Å². The van der Waals surface area contributed by atoms with Gasteiger partial charge in [0.25, 0.3) is 0 Å². The number of hydrogen-bond acceptors (Lipinski definition) is 5. The summed E-state index contributed by atoms with van der Waals surface area (Å²) in [7, 11) is -5.16. The van der Waals surface area contributed by atoms with Gasteiger partial charge in [0.15, 0.2) is 9.84 Å². The highest BCUT2D eigenvalue weighted by atomic mass is 32.2. The lowest BCUT2D eigenvalue weighted by atomic mass is 10.1. The molecule has 0 amide bonds. The molecule has 1 aromatic carbocycles. The van der Waals surface area contributed by atoms with Crippen LogP contribution in [0.1, 0.15) is 18.4 Å². The molecule has 2 rings (SSSR count). The molecule has 0 radical (unpaired) electrons. The van der Waals surface area contributed by atoms with Crippen LogP contribution in [0.5, 0.6) is 0 Å². The van der Waals surface area contributed by atoms with Gasteiger partial charge in [0.05, 0.1) is 16.4 Å². The molecule has 1 unspecified atom stereocenters. The lowest BCUT2D eigenvalue weighted by Crippen LogP contribution is -2.34. The van der Waals surface area contributed by atoms with Crippen molar-refractivity contribution in [1.29, 1.82) is 0 Å². The summed E-state index contributed by atoms with van der Waals surface area (Å²) in [6.07, 6.45) is 1.40. The molecule has 8 heteroatoms. The number of sulfonamides is 1. The standard InChI is InChI=1S/C13H20N2O4S2/c1-10-5-6-11(8-13(10)21(18,19)14-2)15-12-4-3-7-20(16,17)9-12/h5-6,8,12,14-15H,3-4,7,9H2,1-2H3. The third-order valence-electron chi connectivity index (χ3n) is 3.58. The van der Waals surface area contributed by atoms with Crippen molar-refractivity contribution in [2.24, 2.45) is 0 Å². The largest absolute Gasteiger partial charge is 0.381 e. The molecular weight excluding hydrogens is 312 g/mol. The summed E-state index contributed by atoms with van der Waals surface area (Å²) >= 11 is 0. The van der Waals surface area contributed by atoms with Crippen LogP contribution in [0.2, 0.25) is 0 Å². The molecule has 0 spiro atoms. The number of rotatable bonds is 4. The highest BCUT2D eigenvalue weighted by Gasteiger charge is 2.25. The summed E-state index contributed by atoms with van der Waals surface area (Å²) in [5.41, 5.74) is 1.27. The number of aryl methyl sites for hydroxylation is 1. The molecular formula is C13H20N2O4S2. The quantitative estimate of drug-likeness (QED) is 0.854. The molecule has 21 heavy (non-hydrogen) atoms. The Morgan fingerprint density at radius 2 is 2.00 bits per heavy atom. The van der Waals surface area contributed by atoms with Crippen molar-refractivity contribution >= 4 is 25.5 Å². The van der Waals surface area contributed by atoms with Crippen molar-refractivity contribution in [3.8, 4) is 0 Å². The fourth-order valence-electron chi connectivity index (χ4n) is 2.46. The Balaban J connectivity index is 2.24. The Kier molecular flexibility index (Phi) is 4.60. The average molecular weight is 332 g/mol. The van der Waals surface area contributed by atoms with Gasteiger partial charge < -0.3 is 5.32 Å². The molecule has 1 aliphatic rings. The van der Waals surface area contributed by atoms with Crippen molar-refractivity contribution in [1.82, 2.24) is 4.72 Å². The summed E-state index contributed by atoms with van der Waals surface area (Å²) in [5, 5.41) is 3.13. The molecule has 2 N–H and O–H groups in total. The van der Waals surface area contributed by atoms with E-state index in [0.717, 1.165) is 6.42 Å². The molecule has 0 saturated carbocycles. The third-order valence-corrected chi connectivity index (χ3v) is 6.96.